The average molecular weight is 338 g/mol. The number of carbonyl (C=O) groups is 2. The first kappa shape index (κ1) is 16.7. The quantitative estimate of drug-likeness (QED) is 0.804. The summed E-state index contributed by atoms with van der Waals surface area (Å²) < 4.78 is 10.4. The molecule has 0 fully saturated rings. The summed E-state index contributed by atoms with van der Waals surface area (Å²) in [7, 11) is 0. The van der Waals surface area contributed by atoms with Crippen molar-refractivity contribution in [2.24, 2.45) is 5.10 Å². The zero-order valence-electron chi connectivity index (χ0n) is 14.1. The van der Waals surface area contributed by atoms with Crippen molar-refractivity contribution >= 4 is 23.5 Å². The topological polar surface area (TPSA) is 68.2 Å². The number of amides is 1. The molecule has 6 nitrogen and oxygen atoms in total. The first-order chi connectivity index (χ1) is 12.1. The van der Waals surface area contributed by atoms with Gasteiger partial charge in [0.2, 0.25) is 5.90 Å². The minimum absolute atomic E-state index is 0.0909. The zero-order valence-corrected chi connectivity index (χ0v) is 14.1. The second-order valence-corrected chi connectivity index (χ2v) is 5.53. The van der Waals surface area contributed by atoms with Gasteiger partial charge < -0.3 is 9.47 Å². The molecule has 1 amide bonds. The van der Waals surface area contributed by atoms with E-state index in [1.54, 1.807) is 31.2 Å². The van der Waals surface area contributed by atoms with Gasteiger partial charge >= 0.3 is 5.97 Å². The first-order valence-electron chi connectivity index (χ1n) is 7.97. The Kier molecular flexibility index (Phi) is 4.79. The maximum atomic E-state index is 12.1. The summed E-state index contributed by atoms with van der Waals surface area (Å²) in [6.45, 7) is 3.97. The molecule has 0 aromatic heterocycles. The molecular weight excluding hydrogens is 320 g/mol. The van der Waals surface area contributed by atoms with Crippen molar-refractivity contribution in [2.45, 2.75) is 13.8 Å². The maximum Gasteiger partial charge on any atom is 0.338 e. The molecule has 25 heavy (non-hydrogen) atoms. The van der Waals surface area contributed by atoms with E-state index in [9.17, 15) is 9.59 Å². The van der Waals surface area contributed by atoms with Gasteiger partial charge in [-0.25, -0.2) is 4.79 Å². The molecule has 0 N–H and O–H groups in total. The second-order valence-electron chi connectivity index (χ2n) is 5.53. The standard InChI is InChI=1S/C19H18N2O4/c1-3-24-19(23)15-8-10-16(11-9-15)21-17(22)12-25-18(20-21)14-6-4-13(2)5-7-14/h4-11H,3,12H2,1-2H3. The highest BCUT2D eigenvalue weighted by molar-refractivity contribution is 6.04. The van der Waals surface area contributed by atoms with Gasteiger partial charge in [-0.3, -0.25) is 4.79 Å². The zero-order chi connectivity index (χ0) is 17.8. The normalized spacial score (nSPS) is 13.9. The van der Waals surface area contributed by atoms with Crippen molar-refractivity contribution in [1.29, 1.82) is 0 Å². The molecule has 2 aromatic rings. The predicted molar refractivity (Wildman–Crippen MR) is 93.6 cm³/mol. The summed E-state index contributed by atoms with van der Waals surface area (Å²) in [5, 5.41) is 5.59. The van der Waals surface area contributed by atoms with E-state index >= 15 is 0 Å². The molecule has 0 atom stereocenters. The fraction of sp³-hybridized carbons (Fsp3) is 0.211. The van der Waals surface area contributed by atoms with Crippen LogP contribution in [-0.2, 0) is 14.3 Å². The predicted octanol–water partition coefficient (Wildman–Crippen LogP) is 2.90. The molecule has 0 spiro atoms. The van der Waals surface area contributed by atoms with Gasteiger partial charge in [-0.05, 0) is 50.2 Å². The highest BCUT2D eigenvalue weighted by atomic mass is 16.5. The van der Waals surface area contributed by atoms with Crippen LogP contribution in [0.25, 0.3) is 0 Å². The van der Waals surface area contributed by atoms with Crippen molar-refractivity contribution in [3.63, 3.8) is 0 Å². The number of carbonyl (C=O) groups excluding carboxylic acids is 2. The van der Waals surface area contributed by atoms with E-state index in [4.69, 9.17) is 9.47 Å². The van der Waals surface area contributed by atoms with E-state index in [1.165, 1.54) is 5.01 Å². The number of anilines is 1. The SMILES string of the molecule is CCOC(=O)c1ccc(N2N=C(c3ccc(C)cc3)OCC2=O)cc1. The van der Waals surface area contributed by atoms with Crippen LogP contribution in [0.15, 0.2) is 53.6 Å². The molecule has 2 aromatic carbocycles. The number of hydrogen-bond donors (Lipinski definition) is 0. The molecule has 0 bridgehead atoms. The van der Waals surface area contributed by atoms with Gasteiger partial charge in [0.25, 0.3) is 5.91 Å². The number of rotatable bonds is 4. The van der Waals surface area contributed by atoms with E-state index < -0.39 is 5.97 Å². The van der Waals surface area contributed by atoms with Gasteiger partial charge in [0, 0.05) is 5.56 Å². The van der Waals surface area contributed by atoms with Gasteiger partial charge in [-0.2, -0.15) is 5.01 Å². The third kappa shape index (κ3) is 3.68. The van der Waals surface area contributed by atoms with Crippen molar-refractivity contribution in [3.8, 4) is 0 Å². The molecule has 3 rings (SSSR count). The van der Waals surface area contributed by atoms with Crippen LogP contribution in [0.2, 0.25) is 0 Å². The summed E-state index contributed by atoms with van der Waals surface area (Å²) >= 11 is 0. The second kappa shape index (κ2) is 7.17. The largest absolute Gasteiger partial charge is 0.466 e. The first-order valence-corrected chi connectivity index (χ1v) is 7.97. The Bertz CT molecular complexity index is 810. The lowest BCUT2D eigenvalue weighted by atomic mass is 10.1. The Morgan fingerprint density at radius 2 is 1.84 bits per heavy atom. The summed E-state index contributed by atoms with van der Waals surface area (Å²) in [6.07, 6.45) is 0. The van der Waals surface area contributed by atoms with Gasteiger partial charge in [0.15, 0.2) is 6.61 Å². The Balaban J connectivity index is 1.86. The number of ether oxygens (including phenoxy) is 2. The van der Waals surface area contributed by atoms with Gasteiger partial charge in [0.1, 0.15) is 0 Å². The number of hydrogen-bond acceptors (Lipinski definition) is 5. The van der Waals surface area contributed by atoms with E-state index in [-0.39, 0.29) is 12.5 Å². The van der Waals surface area contributed by atoms with E-state index in [1.807, 2.05) is 31.2 Å². The number of aryl methyl sites for hydroxylation is 1. The van der Waals surface area contributed by atoms with Gasteiger partial charge in [-0.1, -0.05) is 17.7 Å². The molecule has 0 unspecified atom stereocenters. The molecule has 128 valence electrons. The molecular formula is C19H18N2O4. The van der Waals surface area contributed by atoms with Crippen LogP contribution in [0.5, 0.6) is 0 Å². The molecule has 0 aliphatic carbocycles. The van der Waals surface area contributed by atoms with Crippen LogP contribution in [0.4, 0.5) is 5.69 Å². The summed E-state index contributed by atoms with van der Waals surface area (Å²) in [6, 6.07) is 14.2. The third-order valence-electron chi connectivity index (χ3n) is 3.68. The fourth-order valence-corrected chi connectivity index (χ4v) is 2.36. The molecule has 1 aliphatic rings. The van der Waals surface area contributed by atoms with Crippen LogP contribution in [0.1, 0.15) is 28.4 Å². The average Bonchev–Trinajstić information content (AvgIpc) is 2.63. The minimum Gasteiger partial charge on any atom is -0.466 e. The van der Waals surface area contributed by atoms with Gasteiger partial charge in [-0.15, -0.1) is 5.10 Å². The van der Waals surface area contributed by atoms with Crippen LogP contribution < -0.4 is 5.01 Å². The van der Waals surface area contributed by atoms with E-state index in [2.05, 4.69) is 5.10 Å². The van der Waals surface area contributed by atoms with Crippen molar-refractivity contribution in [2.75, 3.05) is 18.2 Å². The Hall–Kier alpha value is -3.15. The molecule has 1 heterocycles. The number of nitrogens with zero attached hydrogens (tertiary/aromatic N) is 2. The molecule has 0 saturated heterocycles. The van der Waals surface area contributed by atoms with Crippen LogP contribution >= 0.6 is 0 Å². The van der Waals surface area contributed by atoms with E-state index in [0.717, 1.165) is 11.1 Å². The molecule has 6 heteroatoms. The Morgan fingerprint density at radius 3 is 2.48 bits per heavy atom. The highest BCUT2D eigenvalue weighted by Gasteiger charge is 2.24. The smallest absolute Gasteiger partial charge is 0.338 e. The van der Waals surface area contributed by atoms with Crippen molar-refractivity contribution < 1.29 is 19.1 Å². The summed E-state index contributed by atoms with van der Waals surface area (Å²) in [4.78, 5) is 23.9. The van der Waals surface area contributed by atoms with Crippen LogP contribution in [-0.4, -0.2) is 31.0 Å². The fourth-order valence-electron chi connectivity index (χ4n) is 2.36. The highest BCUT2D eigenvalue weighted by Crippen LogP contribution is 2.20. The number of esters is 1. The molecule has 0 saturated carbocycles. The number of benzene rings is 2. The molecule has 1 aliphatic heterocycles. The van der Waals surface area contributed by atoms with Gasteiger partial charge in [0.05, 0.1) is 17.9 Å². The number of hydrazone groups is 1. The summed E-state index contributed by atoms with van der Waals surface area (Å²) in [5.74, 6) is -0.292. The maximum absolute atomic E-state index is 12.1. The minimum atomic E-state index is -0.397. The lowest BCUT2D eigenvalue weighted by molar-refractivity contribution is -0.121. The van der Waals surface area contributed by atoms with Crippen molar-refractivity contribution in [3.05, 3.63) is 65.2 Å². The molecule has 0 radical (unpaired) electrons. The Morgan fingerprint density at radius 1 is 1.16 bits per heavy atom. The lowest BCUT2D eigenvalue weighted by Gasteiger charge is -2.24. The summed E-state index contributed by atoms with van der Waals surface area (Å²) in [5.41, 5.74) is 2.91. The van der Waals surface area contributed by atoms with Crippen LogP contribution in [0.3, 0.4) is 0 Å². The van der Waals surface area contributed by atoms with Crippen LogP contribution in [0, 0.1) is 6.92 Å². The Labute approximate surface area is 145 Å². The third-order valence-corrected chi connectivity index (χ3v) is 3.68. The van der Waals surface area contributed by atoms with Crippen molar-refractivity contribution in [1.82, 2.24) is 0 Å². The monoisotopic (exact) mass is 338 g/mol. The lowest BCUT2D eigenvalue weighted by Crippen LogP contribution is -2.36. The van der Waals surface area contributed by atoms with E-state index in [0.29, 0.717) is 23.8 Å².